The number of ether oxygens (including phenoxy) is 2. The molecule has 2 N–H and O–H groups in total. The first-order valence-corrected chi connectivity index (χ1v) is 8.64. The minimum Gasteiger partial charge on any atom is -0.490 e. The molecular formula is C18H20ClN5O2. The van der Waals surface area contributed by atoms with Gasteiger partial charge >= 0.3 is 0 Å². The van der Waals surface area contributed by atoms with E-state index in [1.165, 1.54) is 5.56 Å². The van der Waals surface area contributed by atoms with Crippen LogP contribution < -0.4 is 14.8 Å². The highest BCUT2D eigenvalue weighted by Gasteiger charge is 2.13. The van der Waals surface area contributed by atoms with E-state index >= 15 is 0 Å². The van der Waals surface area contributed by atoms with E-state index in [2.05, 4.69) is 32.0 Å². The fraction of sp³-hybridized carbons (Fsp3) is 0.278. The van der Waals surface area contributed by atoms with Gasteiger partial charge in [-0.25, -0.2) is 0 Å². The first-order chi connectivity index (χ1) is 12.7. The Morgan fingerprint density at radius 2 is 2.04 bits per heavy atom. The fourth-order valence-electron chi connectivity index (χ4n) is 2.50. The van der Waals surface area contributed by atoms with E-state index in [-0.39, 0.29) is 0 Å². The summed E-state index contributed by atoms with van der Waals surface area (Å²) in [5.41, 5.74) is 3.18. The van der Waals surface area contributed by atoms with Gasteiger partial charge in [-0.05, 0) is 42.3 Å². The summed E-state index contributed by atoms with van der Waals surface area (Å²) in [4.78, 5) is 0. The van der Waals surface area contributed by atoms with Crippen molar-refractivity contribution in [1.29, 1.82) is 0 Å². The van der Waals surface area contributed by atoms with Crippen molar-refractivity contribution in [2.75, 3.05) is 11.9 Å². The summed E-state index contributed by atoms with van der Waals surface area (Å²) in [6.07, 6.45) is 0. The van der Waals surface area contributed by atoms with Gasteiger partial charge in [0.1, 0.15) is 6.61 Å². The van der Waals surface area contributed by atoms with Crippen LogP contribution in [0.2, 0.25) is 5.02 Å². The third-order valence-electron chi connectivity index (χ3n) is 3.63. The molecule has 0 atom stereocenters. The van der Waals surface area contributed by atoms with Gasteiger partial charge in [0.2, 0.25) is 0 Å². The average molecular weight is 374 g/mol. The van der Waals surface area contributed by atoms with Crippen molar-refractivity contribution in [3.05, 3.63) is 58.1 Å². The van der Waals surface area contributed by atoms with Crippen LogP contribution in [-0.4, -0.2) is 27.2 Å². The second kappa shape index (κ2) is 8.53. The number of tetrazole rings is 1. The predicted molar refractivity (Wildman–Crippen MR) is 99.6 cm³/mol. The molecule has 0 unspecified atom stereocenters. The van der Waals surface area contributed by atoms with E-state index in [0.717, 1.165) is 11.1 Å². The molecule has 1 aromatic heterocycles. The predicted octanol–water partition coefficient (Wildman–Crippen LogP) is 3.75. The average Bonchev–Trinajstić information content (AvgIpc) is 3.13. The lowest BCUT2D eigenvalue weighted by Crippen LogP contribution is -2.04. The first-order valence-electron chi connectivity index (χ1n) is 8.26. The minimum absolute atomic E-state index is 0.416. The van der Waals surface area contributed by atoms with Gasteiger partial charge in [0.05, 0.1) is 11.6 Å². The standard InChI is InChI=1S/C18H20ClN5O2/c1-3-25-16-9-14(10-20-18-21-23-24-22-18)8-15(19)17(16)26-11-13-6-4-5-12(2)7-13/h4-9H,3,10-11H2,1-2H3,(H2,20,21,22,23,24). The summed E-state index contributed by atoms with van der Waals surface area (Å²) in [6.45, 7) is 5.38. The van der Waals surface area contributed by atoms with Crippen molar-refractivity contribution >= 4 is 17.5 Å². The molecule has 2 aromatic carbocycles. The molecule has 0 aliphatic heterocycles. The lowest BCUT2D eigenvalue weighted by atomic mass is 10.1. The molecule has 0 bridgehead atoms. The lowest BCUT2D eigenvalue weighted by Gasteiger charge is -2.15. The van der Waals surface area contributed by atoms with Crippen LogP contribution in [0.3, 0.4) is 0 Å². The molecule has 0 amide bonds. The van der Waals surface area contributed by atoms with Crippen LogP contribution in [-0.2, 0) is 13.2 Å². The monoisotopic (exact) mass is 373 g/mol. The number of aryl methyl sites for hydroxylation is 1. The number of benzene rings is 2. The van der Waals surface area contributed by atoms with Gasteiger partial charge in [-0.1, -0.05) is 46.5 Å². The number of nitrogens with one attached hydrogen (secondary N) is 2. The molecule has 0 aliphatic carbocycles. The Kier molecular flexibility index (Phi) is 5.91. The fourth-order valence-corrected chi connectivity index (χ4v) is 2.79. The maximum atomic E-state index is 6.45. The molecule has 1 heterocycles. The van der Waals surface area contributed by atoms with E-state index < -0.39 is 0 Å². The van der Waals surface area contributed by atoms with E-state index in [0.29, 0.717) is 42.2 Å². The van der Waals surface area contributed by atoms with Crippen LogP contribution in [0.1, 0.15) is 23.6 Å². The van der Waals surface area contributed by atoms with Crippen molar-refractivity contribution in [2.45, 2.75) is 27.0 Å². The zero-order valence-electron chi connectivity index (χ0n) is 14.6. The van der Waals surface area contributed by atoms with Gasteiger partial charge in [-0.15, -0.1) is 5.10 Å². The van der Waals surface area contributed by atoms with Crippen LogP contribution in [0.5, 0.6) is 11.5 Å². The molecule has 136 valence electrons. The van der Waals surface area contributed by atoms with Crippen molar-refractivity contribution < 1.29 is 9.47 Å². The maximum Gasteiger partial charge on any atom is 0.263 e. The Hall–Kier alpha value is -2.80. The number of hydrogen-bond acceptors (Lipinski definition) is 6. The molecule has 0 spiro atoms. The van der Waals surface area contributed by atoms with Crippen molar-refractivity contribution in [2.24, 2.45) is 0 Å². The van der Waals surface area contributed by atoms with Crippen molar-refractivity contribution in [1.82, 2.24) is 20.6 Å². The Bertz CT molecular complexity index is 855. The highest BCUT2D eigenvalue weighted by molar-refractivity contribution is 6.32. The number of aromatic nitrogens is 4. The quantitative estimate of drug-likeness (QED) is 0.625. The van der Waals surface area contributed by atoms with Gasteiger partial charge in [-0.3, -0.25) is 0 Å². The van der Waals surface area contributed by atoms with Gasteiger partial charge in [-0.2, -0.15) is 5.21 Å². The second-order valence-electron chi connectivity index (χ2n) is 5.70. The molecule has 8 heteroatoms. The molecule has 0 saturated heterocycles. The lowest BCUT2D eigenvalue weighted by molar-refractivity contribution is 0.269. The van der Waals surface area contributed by atoms with Crippen molar-refractivity contribution in [3.63, 3.8) is 0 Å². The summed E-state index contributed by atoms with van der Waals surface area (Å²) < 4.78 is 11.7. The zero-order valence-corrected chi connectivity index (χ0v) is 15.4. The Labute approximate surface area is 156 Å². The second-order valence-corrected chi connectivity index (χ2v) is 6.11. The molecule has 0 saturated carbocycles. The topological polar surface area (TPSA) is 85.0 Å². The van der Waals surface area contributed by atoms with Gasteiger partial charge < -0.3 is 14.8 Å². The zero-order chi connectivity index (χ0) is 18.4. The Morgan fingerprint density at radius 3 is 2.77 bits per heavy atom. The molecule has 0 radical (unpaired) electrons. The molecule has 26 heavy (non-hydrogen) atoms. The van der Waals surface area contributed by atoms with Crippen LogP contribution >= 0.6 is 11.6 Å². The number of nitrogens with zero attached hydrogens (tertiary/aromatic N) is 3. The molecule has 0 fully saturated rings. The van der Waals surface area contributed by atoms with E-state index in [1.807, 2.05) is 44.2 Å². The number of hydrogen-bond donors (Lipinski definition) is 2. The van der Waals surface area contributed by atoms with Crippen molar-refractivity contribution in [3.8, 4) is 11.5 Å². The summed E-state index contributed by atoms with van der Waals surface area (Å²) in [5.74, 6) is 1.56. The normalized spacial score (nSPS) is 10.6. The van der Waals surface area contributed by atoms with Crippen LogP contribution in [0.4, 0.5) is 5.95 Å². The van der Waals surface area contributed by atoms with Gasteiger partial charge in [0.15, 0.2) is 11.5 Å². The summed E-state index contributed by atoms with van der Waals surface area (Å²) in [7, 11) is 0. The molecule has 7 nitrogen and oxygen atoms in total. The molecule has 3 rings (SSSR count). The number of halogens is 1. The van der Waals surface area contributed by atoms with Gasteiger partial charge in [0.25, 0.3) is 5.95 Å². The number of rotatable bonds is 8. The Balaban J connectivity index is 1.75. The van der Waals surface area contributed by atoms with Crippen LogP contribution in [0.25, 0.3) is 0 Å². The third-order valence-corrected chi connectivity index (χ3v) is 3.91. The van der Waals surface area contributed by atoms with E-state index in [9.17, 15) is 0 Å². The van der Waals surface area contributed by atoms with Crippen LogP contribution in [0.15, 0.2) is 36.4 Å². The summed E-state index contributed by atoms with van der Waals surface area (Å²) >= 11 is 6.45. The smallest absolute Gasteiger partial charge is 0.263 e. The SMILES string of the molecule is CCOc1cc(CNc2nn[nH]n2)cc(Cl)c1OCc1cccc(C)c1. The largest absolute Gasteiger partial charge is 0.490 e. The number of aromatic amines is 1. The number of anilines is 1. The Morgan fingerprint density at radius 1 is 1.15 bits per heavy atom. The third kappa shape index (κ3) is 4.64. The van der Waals surface area contributed by atoms with E-state index in [4.69, 9.17) is 21.1 Å². The number of H-pyrrole nitrogens is 1. The van der Waals surface area contributed by atoms with Gasteiger partial charge in [0, 0.05) is 6.54 Å². The van der Waals surface area contributed by atoms with Crippen LogP contribution in [0, 0.1) is 6.92 Å². The molecule has 3 aromatic rings. The summed E-state index contributed by atoms with van der Waals surface area (Å²) in [5, 5.41) is 17.1. The highest BCUT2D eigenvalue weighted by Crippen LogP contribution is 2.37. The summed E-state index contributed by atoms with van der Waals surface area (Å²) in [6, 6.07) is 11.9. The van der Waals surface area contributed by atoms with E-state index in [1.54, 1.807) is 0 Å². The molecular weight excluding hydrogens is 354 g/mol. The maximum absolute atomic E-state index is 6.45. The minimum atomic E-state index is 0.416. The highest BCUT2D eigenvalue weighted by atomic mass is 35.5. The first kappa shape index (κ1) is 18.0. The molecule has 0 aliphatic rings.